The fourth-order valence-corrected chi connectivity index (χ4v) is 21.5. The number of para-hydroxylation sites is 9. The minimum atomic E-state index is -1.28. The van der Waals surface area contributed by atoms with Gasteiger partial charge in [0.1, 0.15) is 33.5 Å². The molecule has 3 heterocycles. The summed E-state index contributed by atoms with van der Waals surface area (Å²) in [6.07, 6.45) is 0. The second-order valence-electron chi connectivity index (χ2n) is 34.0. The Bertz CT molecular complexity index is 9380. The maximum Gasteiger partial charge on any atom is 0.135 e. The summed E-state index contributed by atoms with van der Waals surface area (Å²) in [5.41, 5.74) is 22.9. The number of hydrogen-bond acceptors (Lipinski definition) is 6. The van der Waals surface area contributed by atoms with E-state index in [4.69, 9.17) is 25.6 Å². The van der Waals surface area contributed by atoms with E-state index in [0.29, 0.717) is 11.2 Å². The van der Waals surface area contributed by atoms with Gasteiger partial charge >= 0.3 is 0 Å². The maximum atomic E-state index is 9.42. The largest absolute Gasteiger partial charge is 0.456 e. The van der Waals surface area contributed by atoms with Gasteiger partial charge in [-0.3, -0.25) is 0 Å². The van der Waals surface area contributed by atoms with Crippen molar-refractivity contribution >= 4 is 117 Å². The minimum absolute atomic E-state index is 0.209. The molecule has 27 rings (SSSR count). The van der Waals surface area contributed by atoms with Crippen molar-refractivity contribution in [2.45, 2.75) is 16.2 Å². The number of anilines is 9. The van der Waals surface area contributed by atoms with Gasteiger partial charge < -0.3 is 28.0 Å². The van der Waals surface area contributed by atoms with Crippen molar-refractivity contribution in [1.82, 2.24) is 0 Å². The Morgan fingerprint density at radius 3 is 0.867 bits per heavy atom. The van der Waals surface area contributed by atoms with Crippen molar-refractivity contribution in [3.63, 3.8) is 0 Å². The third-order valence-corrected chi connectivity index (χ3v) is 27.0. The molecule has 3 aliphatic rings. The van der Waals surface area contributed by atoms with Crippen LogP contribution in [0.2, 0.25) is 0 Å². The SMILES string of the molecule is [2H]c1c([2H])c([2H])c(C2(c3ccc4c(c3)oc3ccccc34)c3ccccc3-c3cc(N(c4ccccc4)c4ccccc4)ccc32)c([2H])c1[2H].[2H]c1c([2H])c([2H])c(C2(c3ccc4oc5ccccc5c4c3)c3ccccc3-c3cc(N(c4ccccc4)c4ccccc4)ccc32)c([2H])c1[2H].[2H]c1c([2H])c([2H])c(C2(c3cccc4oc5ccccc5c34)c3ccccc3-c3cc(N(c4ccccc4)c4ccccc4)ccc32)c([2H])c1[2H]. The Morgan fingerprint density at radius 1 is 0.163 bits per heavy atom. The molecule has 0 radical (unpaired) electrons. The molecule has 0 aliphatic heterocycles. The summed E-state index contributed by atoms with van der Waals surface area (Å²) < 4.78 is 153. The Labute approximate surface area is 804 Å². The summed E-state index contributed by atoms with van der Waals surface area (Å²) in [6, 6.07) is 141. The van der Waals surface area contributed by atoms with Crippen molar-refractivity contribution in [3.8, 4) is 33.4 Å². The summed E-state index contributed by atoms with van der Waals surface area (Å²) in [4.78, 5) is 6.61. The van der Waals surface area contributed by atoms with Crippen LogP contribution in [0.4, 0.5) is 51.2 Å². The molecular formula is C129H87N3O3. The van der Waals surface area contributed by atoms with Gasteiger partial charge in [0.05, 0.1) is 36.8 Å². The zero-order chi connectivity index (χ0) is 102. The maximum absolute atomic E-state index is 9.42. The van der Waals surface area contributed by atoms with Crippen LogP contribution in [0.15, 0.2) is 541 Å². The van der Waals surface area contributed by atoms with E-state index in [0.717, 1.165) is 189 Å². The third-order valence-electron chi connectivity index (χ3n) is 27.0. The Morgan fingerprint density at radius 2 is 0.444 bits per heavy atom. The third kappa shape index (κ3) is 12.9. The highest BCUT2D eigenvalue weighted by atomic mass is 16.3. The highest BCUT2D eigenvalue weighted by Gasteiger charge is 2.51. The van der Waals surface area contributed by atoms with Gasteiger partial charge in [-0.2, -0.15) is 0 Å². The van der Waals surface area contributed by atoms with E-state index in [-0.39, 0.29) is 89.2 Å². The lowest BCUT2D eigenvalue weighted by molar-refractivity contribution is 0.665. The lowest BCUT2D eigenvalue weighted by Gasteiger charge is -2.34. The highest BCUT2D eigenvalue weighted by molar-refractivity contribution is 6.10. The van der Waals surface area contributed by atoms with E-state index in [1.165, 1.54) is 0 Å². The molecule has 135 heavy (non-hydrogen) atoms. The number of furan rings is 3. The second-order valence-corrected chi connectivity index (χ2v) is 34.0. The van der Waals surface area contributed by atoms with E-state index in [2.05, 4.69) is 166 Å². The fourth-order valence-electron chi connectivity index (χ4n) is 21.5. The van der Waals surface area contributed by atoms with Gasteiger partial charge in [-0.1, -0.05) is 376 Å². The van der Waals surface area contributed by atoms with E-state index < -0.39 is 34.4 Å². The Hall–Kier alpha value is -17.6. The molecular weight excluding hydrogens is 1640 g/mol. The molecule has 6 heteroatoms. The van der Waals surface area contributed by atoms with Crippen LogP contribution >= 0.6 is 0 Å². The van der Waals surface area contributed by atoms with Crippen molar-refractivity contribution in [1.29, 1.82) is 0 Å². The van der Waals surface area contributed by atoms with Gasteiger partial charge in [-0.15, -0.1) is 0 Å². The lowest BCUT2D eigenvalue weighted by atomic mass is 9.66. The molecule has 0 N–H and O–H groups in total. The van der Waals surface area contributed by atoms with Crippen molar-refractivity contribution in [2.24, 2.45) is 0 Å². The van der Waals surface area contributed by atoms with Crippen LogP contribution < -0.4 is 14.7 Å². The number of hydrogen-bond donors (Lipinski definition) is 0. The molecule has 3 aromatic heterocycles. The van der Waals surface area contributed by atoms with Crippen molar-refractivity contribution in [2.75, 3.05) is 14.7 Å². The zero-order valence-corrected chi connectivity index (χ0v) is 72.6. The molecule has 636 valence electrons. The van der Waals surface area contributed by atoms with Crippen LogP contribution in [0.1, 0.15) is 87.3 Å². The molecule has 0 bridgehead atoms. The van der Waals surface area contributed by atoms with Gasteiger partial charge in [0, 0.05) is 83.5 Å². The number of benzene rings is 21. The zero-order valence-electron chi connectivity index (χ0n) is 87.6. The Balaban J connectivity index is 0.000000116. The van der Waals surface area contributed by atoms with E-state index in [1.54, 1.807) is 0 Å². The standard InChI is InChI=1S/3C43H29NO/c1-4-15-30(16-5-1)43(39-24-14-26-41-42(39)35-22-11-13-25-40(35)45-41)37-23-12-10-21-34(37)36-29-33(27-28-38(36)43)44(31-17-6-2-7-18-31)32-19-8-3-9-20-32;1-4-14-30(15-5-1)43(31-24-27-42-38(28-31)36-21-11-13-23-41(36)45-42)39-22-12-10-20-35(39)37-29-34(25-26-40(37)43)44(32-16-6-2-7-17-32)33-18-8-3-9-19-33;1-4-14-30(15-5-1)43(31-24-26-37-36-21-11-13-23-41(36)45-42(37)28-31)39-22-12-10-20-35(39)38-29-34(25-27-40(38)43)44(32-16-6-2-7-17-32)33-18-8-3-9-19-33/h3*1-29H/i1D,4D,5D,15D,16D;2*1D,4D,5D,14D,15D. The monoisotopic (exact) mass is 1740 g/mol. The fraction of sp³-hybridized carbons (Fsp3) is 0.0233. The average Bonchev–Trinajstić information content (AvgIpc) is 1.52. The Kier molecular flexibility index (Phi) is 16.0. The number of fused-ring (bicyclic) bond motifs is 18. The van der Waals surface area contributed by atoms with Crippen LogP contribution in [0.25, 0.3) is 99.2 Å². The molecule has 0 fully saturated rings. The van der Waals surface area contributed by atoms with Gasteiger partial charge in [-0.05, 0) is 252 Å². The molecule has 0 amide bonds. The second kappa shape index (κ2) is 33.1. The predicted octanol–water partition coefficient (Wildman–Crippen LogP) is 34.3. The van der Waals surface area contributed by atoms with E-state index >= 15 is 0 Å². The first kappa shape index (κ1) is 65.0. The normalized spacial score (nSPS) is 16.8. The average molecular weight is 1740 g/mol. The van der Waals surface area contributed by atoms with Crippen LogP contribution in [0.5, 0.6) is 0 Å². The van der Waals surface area contributed by atoms with Crippen LogP contribution in [-0.2, 0) is 16.2 Å². The molecule has 24 aromatic rings. The van der Waals surface area contributed by atoms with Gasteiger partial charge in [0.2, 0.25) is 0 Å². The molecule has 6 nitrogen and oxygen atoms in total. The van der Waals surface area contributed by atoms with Gasteiger partial charge in [-0.25, -0.2) is 0 Å². The molecule has 21 aromatic carbocycles. The predicted molar refractivity (Wildman–Crippen MR) is 557 cm³/mol. The quantitative estimate of drug-likeness (QED) is 0.102. The number of nitrogens with zero attached hydrogens (tertiary/aromatic N) is 3. The highest BCUT2D eigenvalue weighted by Crippen LogP contribution is 2.63. The van der Waals surface area contributed by atoms with Crippen LogP contribution in [0.3, 0.4) is 0 Å². The van der Waals surface area contributed by atoms with Gasteiger partial charge in [0.15, 0.2) is 0 Å². The topological polar surface area (TPSA) is 49.1 Å². The van der Waals surface area contributed by atoms with E-state index in [1.807, 2.05) is 285 Å². The summed E-state index contributed by atoms with van der Waals surface area (Å²) >= 11 is 0. The minimum Gasteiger partial charge on any atom is -0.456 e. The van der Waals surface area contributed by atoms with Gasteiger partial charge in [0.25, 0.3) is 0 Å². The molecule has 0 saturated carbocycles. The lowest BCUT2D eigenvalue weighted by Crippen LogP contribution is -2.28. The van der Waals surface area contributed by atoms with Crippen molar-refractivity contribution in [3.05, 3.63) is 594 Å². The van der Waals surface area contributed by atoms with Crippen molar-refractivity contribution < 1.29 is 33.8 Å². The first-order valence-corrected chi connectivity index (χ1v) is 45.1. The number of rotatable bonds is 15. The van der Waals surface area contributed by atoms with E-state index in [9.17, 15) is 8.22 Å². The summed E-state index contributed by atoms with van der Waals surface area (Å²) in [5, 5.41) is 5.52. The molecule has 0 saturated heterocycles. The summed E-state index contributed by atoms with van der Waals surface area (Å²) in [5.74, 6) is 0. The molecule has 3 aliphatic carbocycles. The molecule has 3 unspecified atom stereocenters. The smallest absolute Gasteiger partial charge is 0.135 e. The molecule has 3 atom stereocenters. The molecule has 0 spiro atoms. The first-order valence-electron chi connectivity index (χ1n) is 52.6. The van der Waals surface area contributed by atoms with Crippen LogP contribution in [0, 0.1) is 0 Å². The first-order chi connectivity index (χ1) is 73.2. The van der Waals surface area contributed by atoms with Crippen LogP contribution in [-0.4, -0.2) is 0 Å². The summed E-state index contributed by atoms with van der Waals surface area (Å²) in [6.45, 7) is 0. The summed E-state index contributed by atoms with van der Waals surface area (Å²) in [7, 11) is 0.